The molecule has 6 rings (SSSR count). The SMILES string of the molecule is CC#Cc1ccc(-c2ccc(C(=O)C3CCC(CNCc4ccccc4)C4C=c5ccccc5=CC34)s2)s1. The molecule has 38 heavy (non-hydrogen) atoms. The molecule has 2 aromatic carbocycles. The smallest absolute Gasteiger partial charge is 0.176 e. The van der Waals surface area contributed by atoms with Gasteiger partial charge < -0.3 is 5.32 Å². The second kappa shape index (κ2) is 11.3. The first-order valence-corrected chi connectivity index (χ1v) is 15.0. The number of carbonyl (C=O) groups is 1. The summed E-state index contributed by atoms with van der Waals surface area (Å²) in [5.41, 5.74) is 1.31. The number of benzene rings is 2. The topological polar surface area (TPSA) is 29.1 Å². The molecular weight excluding hydrogens is 503 g/mol. The largest absolute Gasteiger partial charge is 0.312 e. The molecule has 0 aliphatic heterocycles. The van der Waals surface area contributed by atoms with Gasteiger partial charge in [0.1, 0.15) is 0 Å². The Hall–Kier alpha value is -3.23. The minimum Gasteiger partial charge on any atom is -0.312 e. The van der Waals surface area contributed by atoms with E-state index in [1.807, 2.05) is 13.0 Å². The fourth-order valence-electron chi connectivity index (χ4n) is 6.05. The molecule has 1 N–H and O–H groups in total. The number of nitrogens with one attached hydrogen (secondary N) is 1. The highest BCUT2D eigenvalue weighted by Gasteiger charge is 2.41. The molecule has 0 amide bonds. The monoisotopic (exact) mass is 533 g/mol. The Morgan fingerprint density at radius 3 is 2.34 bits per heavy atom. The van der Waals surface area contributed by atoms with Crippen LogP contribution in [-0.2, 0) is 6.54 Å². The average molecular weight is 534 g/mol. The normalized spacial score (nSPS) is 21.7. The van der Waals surface area contributed by atoms with E-state index in [1.165, 1.54) is 20.9 Å². The highest BCUT2D eigenvalue weighted by Crippen LogP contribution is 2.44. The van der Waals surface area contributed by atoms with Gasteiger partial charge in [-0.1, -0.05) is 72.7 Å². The third kappa shape index (κ3) is 5.20. The lowest BCUT2D eigenvalue weighted by atomic mass is 9.63. The molecule has 4 unspecified atom stereocenters. The molecule has 4 aromatic rings. The summed E-state index contributed by atoms with van der Waals surface area (Å²) in [6.45, 7) is 3.71. The zero-order valence-corrected chi connectivity index (χ0v) is 23.2. The maximum Gasteiger partial charge on any atom is 0.176 e. The molecule has 4 atom stereocenters. The van der Waals surface area contributed by atoms with Crippen molar-refractivity contribution in [3.63, 3.8) is 0 Å². The Labute approximate surface area is 232 Å². The van der Waals surface area contributed by atoms with Crippen LogP contribution in [0.4, 0.5) is 0 Å². The Bertz CT molecular complexity index is 1620. The van der Waals surface area contributed by atoms with Gasteiger partial charge in [0.15, 0.2) is 5.78 Å². The quantitative estimate of drug-likeness (QED) is 0.221. The number of Topliss-reactive ketones (excluding diaryl/α,β-unsaturated/α-hetero) is 1. The van der Waals surface area contributed by atoms with E-state index >= 15 is 0 Å². The molecule has 1 saturated carbocycles. The second-order valence-corrected chi connectivity index (χ2v) is 12.4. The first-order valence-electron chi connectivity index (χ1n) is 13.4. The molecule has 190 valence electrons. The summed E-state index contributed by atoms with van der Waals surface area (Å²) >= 11 is 3.33. The van der Waals surface area contributed by atoms with E-state index in [0.717, 1.165) is 40.6 Å². The lowest BCUT2D eigenvalue weighted by molar-refractivity contribution is 0.0796. The zero-order valence-electron chi connectivity index (χ0n) is 21.5. The van der Waals surface area contributed by atoms with Crippen LogP contribution in [-0.4, -0.2) is 12.3 Å². The van der Waals surface area contributed by atoms with Crippen LogP contribution in [0.5, 0.6) is 0 Å². The summed E-state index contributed by atoms with van der Waals surface area (Å²) in [6.07, 6.45) is 6.85. The predicted octanol–water partition coefficient (Wildman–Crippen LogP) is 6.35. The number of ketones is 1. The third-order valence-corrected chi connectivity index (χ3v) is 10.2. The van der Waals surface area contributed by atoms with Gasteiger partial charge in [-0.25, -0.2) is 0 Å². The van der Waals surface area contributed by atoms with E-state index in [9.17, 15) is 4.79 Å². The van der Waals surface area contributed by atoms with Crippen molar-refractivity contribution in [3.8, 4) is 21.6 Å². The van der Waals surface area contributed by atoms with Crippen molar-refractivity contribution >= 4 is 40.6 Å². The molecule has 4 heteroatoms. The fourth-order valence-corrected chi connectivity index (χ4v) is 8.06. The minimum absolute atomic E-state index is 0.0198. The first kappa shape index (κ1) is 25.1. The molecule has 2 aromatic heterocycles. The van der Waals surface area contributed by atoms with E-state index < -0.39 is 0 Å². The predicted molar refractivity (Wildman–Crippen MR) is 160 cm³/mol. The van der Waals surface area contributed by atoms with Gasteiger partial charge in [0.2, 0.25) is 0 Å². The molecule has 2 heterocycles. The van der Waals surface area contributed by atoms with Gasteiger partial charge in [-0.15, -0.1) is 28.6 Å². The molecule has 0 spiro atoms. The fraction of sp³-hybridized carbons (Fsp3) is 0.265. The maximum atomic E-state index is 14.0. The molecule has 2 aliphatic rings. The van der Waals surface area contributed by atoms with Gasteiger partial charge in [0, 0.05) is 22.2 Å². The van der Waals surface area contributed by atoms with Crippen LogP contribution in [0.15, 0.2) is 78.9 Å². The minimum atomic E-state index is 0.0198. The van der Waals surface area contributed by atoms with E-state index in [1.54, 1.807) is 22.7 Å². The Morgan fingerprint density at radius 1 is 0.842 bits per heavy atom. The van der Waals surface area contributed by atoms with Crippen molar-refractivity contribution in [2.24, 2.45) is 23.7 Å². The van der Waals surface area contributed by atoms with Gasteiger partial charge in [-0.05, 0) is 84.3 Å². The van der Waals surface area contributed by atoms with Crippen LogP contribution in [0.2, 0.25) is 0 Å². The van der Waals surface area contributed by atoms with Crippen LogP contribution in [0.1, 0.15) is 39.9 Å². The van der Waals surface area contributed by atoms with Crippen LogP contribution >= 0.6 is 22.7 Å². The highest BCUT2D eigenvalue weighted by molar-refractivity contribution is 7.23. The molecule has 0 bridgehead atoms. The highest BCUT2D eigenvalue weighted by atomic mass is 32.1. The van der Waals surface area contributed by atoms with E-state index in [2.05, 4.69) is 102 Å². The lowest BCUT2D eigenvalue weighted by Crippen LogP contribution is -2.45. The van der Waals surface area contributed by atoms with Gasteiger partial charge >= 0.3 is 0 Å². The van der Waals surface area contributed by atoms with Gasteiger partial charge in [-0.2, -0.15) is 0 Å². The molecule has 0 radical (unpaired) electrons. The van der Waals surface area contributed by atoms with Gasteiger partial charge in [-0.3, -0.25) is 4.79 Å². The van der Waals surface area contributed by atoms with Crippen molar-refractivity contribution in [2.45, 2.75) is 26.3 Å². The molecular formula is C34H31NOS2. The Balaban J connectivity index is 1.23. The van der Waals surface area contributed by atoms with Gasteiger partial charge in [0.25, 0.3) is 0 Å². The number of hydrogen-bond donors (Lipinski definition) is 1. The number of thiophene rings is 2. The van der Waals surface area contributed by atoms with E-state index in [4.69, 9.17) is 0 Å². The lowest BCUT2D eigenvalue weighted by Gasteiger charge is -2.41. The Kier molecular flexibility index (Phi) is 7.42. The summed E-state index contributed by atoms with van der Waals surface area (Å²) in [7, 11) is 0. The maximum absolute atomic E-state index is 14.0. The molecule has 0 saturated heterocycles. The molecule has 2 nitrogen and oxygen atoms in total. The van der Waals surface area contributed by atoms with Crippen molar-refractivity contribution in [1.29, 1.82) is 0 Å². The van der Waals surface area contributed by atoms with E-state index in [0.29, 0.717) is 17.6 Å². The van der Waals surface area contributed by atoms with E-state index in [-0.39, 0.29) is 11.8 Å². The van der Waals surface area contributed by atoms with Crippen LogP contribution in [0, 0.1) is 35.5 Å². The Morgan fingerprint density at radius 2 is 1.55 bits per heavy atom. The zero-order chi connectivity index (χ0) is 25.9. The van der Waals surface area contributed by atoms with Crippen molar-refractivity contribution < 1.29 is 4.79 Å². The number of fused-ring (bicyclic) bond motifs is 2. The number of rotatable bonds is 7. The van der Waals surface area contributed by atoms with Gasteiger partial charge in [0.05, 0.1) is 9.75 Å². The molecule has 2 aliphatic carbocycles. The molecule has 1 fully saturated rings. The number of hydrogen-bond acceptors (Lipinski definition) is 4. The summed E-state index contributed by atoms with van der Waals surface area (Å²) in [6, 6.07) is 27.6. The van der Waals surface area contributed by atoms with Crippen molar-refractivity contribution in [3.05, 3.63) is 105 Å². The summed E-state index contributed by atoms with van der Waals surface area (Å²) in [4.78, 5) is 18.3. The summed E-state index contributed by atoms with van der Waals surface area (Å²) < 4.78 is 0. The van der Waals surface area contributed by atoms with Crippen molar-refractivity contribution in [1.82, 2.24) is 5.32 Å². The van der Waals surface area contributed by atoms with Crippen LogP contribution in [0.25, 0.3) is 21.9 Å². The standard InChI is InChI=1S/C34H31NOS2/c1-2-8-27-14-16-31(37-27)32-17-18-33(38-32)34(36)28-15-13-26(22-35-21-23-9-4-3-5-10-23)29-19-24-11-6-7-12-25(24)20-30(28)29/h3-7,9-12,14,16-20,26,28-30,35H,13,15,21-22H2,1H3. The first-order chi connectivity index (χ1) is 18.7. The van der Waals surface area contributed by atoms with Crippen LogP contribution in [0.3, 0.4) is 0 Å². The summed E-state index contributed by atoms with van der Waals surface area (Å²) in [5, 5.41) is 6.28. The number of carbonyl (C=O) groups excluding carboxylic acids is 1. The third-order valence-electron chi connectivity index (χ3n) is 7.90. The van der Waals surface area contributed by atoms with Crippen molar-refractivity contribution in [2.75, 3.05) is 6.54 Å². The van der Waals surface area contributed by atoms with Crippen LogP contribution < -0.4 is 15.8 Å². The summed E-state index contributed by atoms with van der Waals surface area (Å²) in [5.74, 6) is 7.55. The average Bonchev–Trinajstić information content (AvgIpc) is 3.63. The second-order valence-electron chi connectivity index (χ2n) is 10.2.